The molecule has 1 atom stereocenters. The monoisotopic (exact) mass is 355 g/mol. The molecule has 0 aliphatic carbocycles. The Hall–Kier alpha value is -2.47. The number of para-hydroxylation sites is 1. The Kier molecular flexibility index (Phi) is 5.28. The second-order valence-electron chi connectivity index (χ2n) is 6.33. The van der Waals surface area contributed by atoms with E-state index in [0.717, 1.165) is 4.88 Å². The third kappa shape index (κ3) is 4.14. The molecule has 1 amide bonds. The maximum Gasteiger partial charge on any atom is 0.258 e. The number of aryl methyl sites for hydroxylation is 1. The van der Waals surface area contributed by atoms with E-state index >= 15 is 0 Å². The SMILES string of the molecule is CC(C)[C@H](NC(=O)CCc1nc2ccccc2c(=O)[nH]1)c1cccs1. The molecule has 1 aromatic carbocycles. The van der Waals surface area contributed by atoms with Crippen molar-refractivity contribution < 1.29 is 4.79 Å². The predicted octanol–water partition coefficient (Wildman–Crippen LogP) is 3.43. The summed E-state index contributed by atoms with van der Waals surface area (Å²) in [6.45, 7) is 4.18. The first kappa shape index (κ1) is 17.4. The lowest BCUT2D eigenvalue weighted by Gasteiger charge is -2.21. The van der Waals surface area contributed by atoms with Gasteiger partial charge in [0.15, 0.2) is 0 Å². The Morgan fingerprint density at radius 3 is 2.76 bits per heavy atom. The van der Waals surface area contributed by atoms with Crippen LogP contribution in [-0.2, 0) is 11.2 Å². The molecule has 3 aromatic rings. The van der Waals surface area contributed by atoms with Crippen LogP contribution in [0.4, 0.5) is 0 Å². The zero-order chi connectivity index (χ0) is 17.8. The number of carbonyl (C=O) groups is 1. The fraction of sp³-hybridized carbons (Fsp3) is 0.316. The predicted molar refractivity (Wildman–Crippen MR) is 101 cm³/mol. The van der Waals surface area contributed by atoms with Crippen molar-refractivity contribution in [1.29, 1.82) is 0 Å². The van der Waals surface area contributed by atoms with Crippen LogP contribution in [0.3, 0.4) is 0 Å². The van der Waals surface area contributed by atoms with Crippen molar-refractivity contribution in [3.05, 3.63) is 62.8 Å². The molecule has 0 saturated heterocycles. The largest absolute Gasteiger partial charge is 0.348 e. The topological polar surface area (TPSA) is 74.8 Å². The van der Waals surface area contributed by atoms with E-state index in [-0.39, 0.29) is 23.9 Å². The van der Waals surface area contributed by atoms with Gasteiger partial charge in [-0.05, 0) is 29.5 Å². The molecule has 3 rings (SSSR count). The van der Waals surface area contributed by atoms with E-state index in [1.807, 2.05) is 29.6 Å². The number of carbonyl (C=O) groups excluding carboxylic acids is 1. The van der Waals surface area contributed by atoms with Crippen molar-refractivity contribution >= 4 is 28.1 Å². The van der Waals surface area contributed by atoms with Gasteiger partial charge in [0.1, 0.15) is 5.82 Å². The molecule has 0 aliphatic rings. The summed E-state index contributed by atoms with van der Waals surface area (Å²) in [7, 11) is 0. The summed E-state index contributed by atoms with van der Waals surface area (Å²) in [6.07, 6.45) is 0.692. The van der Waals surface area contributed by atoms with Crippen LogP contribution < -0.4 is 10.9 Å². The molecule has 0 radical (unpaired) electrons. The molecule has 2 N–H and O–H groups in total. The van der Waals surface area contributed by atoms with Gasteiger partial charge in [-0.2, -0.15) is 0 Å². The fourth-order valence-electron chi connectivity index (χ4n) is 2.77. The average Bonchev–Trinajstić information content (AvgIpc) is 3.12. The van der Waals surface area contributed by atoms with Gasteiger partial charge in [0.25, 0.3) is 5.56 Å². The molecule has 0 bridgehead atoms. The molecule has 0 aliphatic heterocycles. The van der Waals surface area contributed by atoms with Gasteiger partial charge in [0.05, 0.1) is 16.9 Å². The number of nitrogens with zero attached hydrogens (tertiary/aromatic N) is 1. The molecule has 5 nitrogen and oxygen atoms in total. The molecule has 2 aromatic heterocycles. The van der Waals surface area contributed by atoms with Crippen molar-refractivity contribution in [3.63, 3.8) is 0 Å². The van der Waals surface area contributed by atoms with E-state index in [1.165, 1.54) is 0 Å². The number of fused-ring (bicyclic) bond motifs is 1. The Morgan fingerprint density at radius 2 is 2.04 bits per heavy atom. The lowest BCUT2D eigenvalue weighted by molar-refractivity contribution is -0.122. The van der Waals surface area contributed by atoms with E-state index < -0.39 is 0 Å². The van der Waals surface area contributed by atoms with Crippen LogP contribution in [0, 0.1) is 5.92 Å². The second-order valence-corrected chi connectivity index (χ2v) is 7.31. The van der Waals surface area contributed by atoms with Gasteiger partial charge in [-0.25, -0.2) is 4.98 Å². The molecular weight excluding hydrogens is 334 g/mol. The summed E-state index contributed by atoms with van der Waals surface area (Å²) >= 11 is 1.64. The lowest BCUT2D eigenvalue weighted by atomic mass is 10.0. The van der Waals surface area contributed by atoms with Crippen LogP contribution in [-0.4, -0.2) is 15.9 Å². The maximum absolute atomic E-state index is 12.3. The first-order valence-corrected chi connectivity index (χ1v) is 9.23. The Labute approximate surface area is 150 Å². The molecule has 0 saturated carbocycles. The molecule has 25 heavy (non-hydrogen) atoms. The quantitative estimate of drug-likeness (QED) is 0.711. The average molecular weight is 355 g/mol. The zero-order valence-electron chi connectivity index (χ0n) is 14.3. The van der Waals surface area contributed by atoms with Gasteiger partial charge >= 0.3 is 0 Å². The van der Waals surface area contributed by atoms with Gasteiger partial charge in [0.2, 0.25) is 5.91 Å². The molecule has 2 heterocycles. The number of rotatable bonds is 6. The van der Waals surface area contributed by atoms with Crippen LogP contribution in [0.2, 0.25) is 0 Å². The van der Waals surface area contributed by atoms with Crippen molar-refractivity contribution in [3.8, 4) is 0 Å². The smallest absolute Gasteiger partial charge is 0.258 e. The first-order chi connectivity index (χ1) is 12.0. The number of aromatic nitrogens is 2. The molecule has 0 unspecified atom stereocenters. The van der Waals surface area contributed by atoms with E-state index in [1.54, 1.807) is 23.5 Å². The number of benzene rings is 1. The van der Waals surface area contributed by atoms with Gasteiger partial charge in [-0.1, -0.05) is 32.0 Å². The summed E-state index contributed by atoms with van der Waals surface area (Å²) in [5.74, 6) is 0.806. The Morgan fingerprint density at radius 1 is 1.24 bits per heavy atom. The minimum Gasteiger partial charge on any atom is -0.348 e. The van der Waals surface area contributed by atoms with Crippen molar-refractivity contribution in [1.82, 2.24) is 15.3 Å². The van der Waals surface area contributed by atoms with Gasteiger partial charge < -0.3 is 10.3 Å². The Bertz CT molecular complexity index is 916. The fourth-order valence-corrected chi connectivity index (χ4v) is 3.71. The highest BCUT2D eigenvalue weighted by molar-refractivity contribution is 7.10. The number of amides is 1. The number of thiophene rings is 1. The van der Waals surface area contributed by atoms with Gasteiger partial charge in [-0.3, -0.25) is 9.59 Å². The third-order valence-electron chi connectivity index (χ3n) is 4.08. The van der Waals surface area contributed by atoms with Gasteiger partial charge in [-0.15, -0.1) is 11.3 Å². The highest BCUT2D eigenvalue weighted by Crippen LogP contribution is 2.25. The number of nitrogens with one attached hydrogen (secondary N) is 2. The third-order valence-corrected chi connectivity index (χ3v) is 5.04. The molecular formula is C19H21N3O2S. The van der Waals surface area contributed by atoms with Crippen molar-refractivity contribution in [2.45, 2.75) is 32.7 Å². The lowest BCUT2D eigenvalue weighted by Crippen LogP contribution is -2.31. The first-order valence-electron chi connectivity index (χ1n) is 8.35. The summed E-state index contributed by atoms with van der Waals surface area (Å²) in [5, 5.41) is 5.67. The summed E-state index contributed by atoms with van der Waals surface area (Å²) < 4.78 is 0. The standard InChI is InChI=1S/C19H21N3O2S/c1-12(2)18(15-8-5-11-25-15)22-17(23)10-9-16-20-14-7-4-3-6-13(14)19(24)21-16/h3-8,11-12,18H,9-10H2,1-2H3,(H,22,23)(H,20,21,24)/t18-/m0/s1. The molecule has 130 valence electrons. The van der Waals surface area contributed by atoms with E-state index in [2.05, 4.69) is 29.1 Å². The van der Waals surface area contributed by atoms with E-state index in [0.29, 0.717) is 29.1 Å². The summed E-state index contributed by atoms with van der Waals surface area (Å²) in [4.78, 5) is 32.8. The minimum atomic E-state index is -0.167. The Balaban J connectivity index is 1.67. The highest BCUT2D eigenvalue weighted by atomic mass is 32.1. The van der Waals surface area contributed by atoms with Crippen LogP contribution in [0.15, 0.2) is 46.6 Å². The summed E-state index contributed by atoms with van der Waals surface area (Å²) in [5.41, 5.74) is 0.486. The van der Waals surface area contributed by atoms with E-state index in [4.69, 9.17) is 0 Å². The normalized spacial score (nSPS) is 12.4. The number of hydrogen-bond acceptors (Lipinski definition) is 4. The van der Waals surface area contributed by atoms with Crippen LogP contribution in [0.1, 0.15) is 37.0 Å². The van der Waals surface area contributed by atoms with Gasteiger partial charge in [0, 0.05) is 17.7 Å². The van der Waals surface area contributed by atoms with Crippen LogP contribution >= 0.6 is 11.3 Å². The number of H-pyrrole nitrogens is 1. The van der Waals surface area contributed by atoms with E-state index in [9.17, 15) is 9.59 Å². The minimum absolute atomic E-state index is 0.0103. The van der Waals surface area contributed by atoms with Crippen LogP contribution in [0.5, 0.6) is 0 Å². The zero-order valence-corrected chi connectivity index (χ0v) is 15.1. The summed E-state index contributed by atoms with van der Waals surface area (Å²) in [6, 6.07) is 11.2. The molecule has 0 fully saturated rings. The highest BCUT2D eigenvalue weighted by Gasteiger charge is 2.19. The van der Waals surface area contributed by atoms with Crippen molar-refractivity contribution in [2.24, 2.45) is 5.92 Å². The number of aromatic amines is 1. The maximum atomic E-state index is 12.3. The second kappa shape index (κ2) is 7.61. The molecule has 0 spiro atoms. The van der Waals surface area contributed by atoms with Crippen LogP contribution in [0.25, 0.3) is 10.9 Å². The van der Waals surface area contributed by atoms with Crippen molar-refractivity contribution in [2.75, 3.05) is 0 Å². The molecule has 6 heteroatoms. The number of hydrogen-bond donors (Lipinski definition) is 2.